The number of nitrogens with one attached hydrogen (secondary N) is 1. The lowest BCUT2D eigenvalue weighted by Crippen LogP contribution is -2.24. The third-order valence-electron chi connectivity index (χ3n) is 4.57. The average Bonchev–Trinajstić information content (AvgIpc) is 2.70. The van der Waals surface area contributed by atoms with Gasteiger partial charge in [-0.3, -0.25) is 0 Å². The fourth-order valence-corrected chi connectivity index (χ4v) is 2.78. The van der Waals surface area contributed by atoms with Crippen molar-refractivity contribution in [1.29, 1.82) is 0 Å². The quantitative estimate of drug-likeness (QED) is 0.875. The molecule has 0 saturated carbocycles. The Balaban J connectivity index is 2.38. The van der Waals surface area contributed by atoms with E-state index in [1.807, 2.05) is 7.05 Å². The Bertz CT molecular complexity index is 626. The molecule has 0 bridgehead atoms. The molecule has 21 heavy (non-hydrogen) atoms. The standard InChI is InChI=1S/C18H28N2O/c1-13-14(2)20(10-9-18(3,4)21-6)17-8-7-15(12-19-5)11-16(13)17/h7-8,11,19H,9-10,12H2,1-6H3. The number of benzene rings is 1. The molecule has 0 aliphatic carbocycles. The van der Waals surface area contributed by atoms with Gasteiger partial charge in [0.05, 0.1) is 5.60 Å². The zero-order valence-corrected chi connectivity index (χ0v) is 14.2. The van der Waals surface area contributed by atoms with Crippen LogP contribution in [0.2, 0.25) is 0 Å². The molecule has 1 aromatic carbocycles. The van der Waals surface area contributed by atoms with Gasteiger partial charge >= 0.3 is 0 Å². The predicted molar refractivity (Wildman–Crippen MR) is 89.9 cm³/mol. The highest BCUT2D eigenvalue weighted by Crippen LogP contribution is 2.27. The third-order valence-corrected chi connectivity index (χ3v) is 4.57. The third kappa shape index (κ3) is 3.30. The first-order chi connectivity index (χ1) is 9.89. The first kappa shape index (κ1) is 16.1. The van der Waals surface area contributed by atoms with Gasteiger partial charge in [-0.25, -0.2) is 0 Å². The molecule has 0 unspecified atom stereocenters. The second-order valence-electron chi connectivity index (χ2n) is 6.46. The van der Waals surface area contributed by atoms with E-state index in [1.165, 1.54) is 27.7 Å². The van der Waals surface area contributed by atoms with Gasteiger partial charge in [-0.05, 0) is 64.4 Å². The van der Waals surface area contributed by atoms with E-state index < -0.39 is 0 Å². The Morgan fingerprint density at radius 3 is 2.57 bits per heavy atom. The van der Waals surface area contributed by atoms with Gasteiger partial charge in [-0.2, -0.15) is 0 Å². The summed E-state index contributed by atoms with van der Waals surface area (Å²) < 4.78 is 7.97. The van der Waals surface area contributed by atoms with Crippen LogP contribution in [-0.2, 0) is 17.8 Å². The number of methoxy groups -OCH3 is 1. The van der Waals surface area contributed by atoms with Crippen molar-refractivity contribution in [2.24, 2.45) is 0 Å². The summed E-state index contributed by atoms with van der Waals surface area (Å²) in [4.78, 5) is 0. The number of aromatic nitrogens is 1. The number of hydrogen-bond donors (Lipinski definition) is 1. The Morgan fingerprint density at radius 2 is 1.95 bits per heavy atom. The molecule has 0 saturated heterocycles. The second-order valence-corrected chi connectivity index (χ2v) is 6.46. The van der Waals surface area contributed by atoms with Crippen LogP contribution in [0.1, 0.15) is 37.1 Å². The first-order valence-corrected chi connectivity index (χ1v) is 7.67. The van der Waals surface area contributed by atoms with Crippen LogP contribution in [-0.4, -0.2) is 24.3 Å². The van der Waals surface area contributed by atoms with Crippen LogP contribution in [0.3, 0.4) is 0 Å². The Kier molecular flexibility index (Phi) is 4.74. The van der Waals surface area contributed by atoms with Crippen molar-refractivity contribution in [3.05, 3.63) is 35.0 Å². The van der Waals surface area contributed by atoms with Crippen LogP contribution in [0.15, 0.2) is 18.2 Å². The van der Waals surface area contributed by atoms with Crippen LogP contribution >= 0.6 is 0 Å². The van der Waals surface area contributed by atoms with Crippen LogP contribution in [0, 0.1) is 13.8 Å². The normalized spacial score (nSPS) is 12.3. The van der Waals surface area contributed by atoms with Gasteiger partial charge < -0.3 is 14.6 Å². The Labute approximate surface area is 128 Å². The fourth-order valence-electron chi connectivity index (χ4n) is 2.78. The van der Waals surface area contributed by atoms with Gasteiger partial charge in [0.25, 0.3) is 0 Å². The summed E-state index contributed by atoms with van der Waals surface area (Å²) >= 11 is 0. The monoisotopic (exact) mass is 288 g/mol. The molecule has 3 heteroatoms. The van der Waals surface area contributed by atoms with Gasteiger partial charge in [0.15, 0.2) is 0 Å². The number of ether oxygens (including phenoxy) is 1. The fraction of sp³-hybridized carbons (Fsp3) is 0.556. The summed E-state index contributed by atoms with van der Waals surface area (Å²) in [6, 6.07) is 6.78. The number of nitrogens with zero attached hydrogens (tertiary/aromatic N) is 1. The Hall–Kier alpha value is -1.32. The van der Waals surface area contributed by atoms with Gasteiger partial charge in [0.1, 0.15) is 0 Å². The van der Waals surface area contributed by atoms with E-state index in [0.717, 1.165) is 19.5 Å². The van der Waals surface area contributed by atoms with E-state index in [0.29, 0.717) is 0 Å². The maximum Gasteiger partial charge on any atom is 0.0639 e. The van der Waals surface area contributed by atoms with Crippen LogP contribution in [0.4, 0.5) is 0 Å². The number of fused-ring (bicyclic) bond motifs is 1. The van der Waals surface area contributed by atoms with Crippen molar-refractivity contribution < 1.29 is 4.74 Å². The van der Waals surface area contributed by atoms with E-state index in [9.17, 15) is 0 Å². The van der Waals surface area contributed by atoms with Crippen LogP contribution < -0.4 is 5.32 Å². The minimum Gasteiger partial charge on any atom is -0.379 e. The molecule has 3 nitrogen and oxygen atoms in total. The largest absolute Gasteiger partial charge is 0.379 e. The highest BCUT2D eigenvalue weighted by molar-refractivity contribution is 5.86. The Morgan fingerprint density at radius 1 is 1.24 bits per heavy atom. The SMILES string of the molecule is CNCc1ccc2c(c1)c(C)c(C)n2CCC(C)(C)OC. The number of aryl methyl sites for hydroxylation is 2. The smallest absolute Gasteiger partial charge is 0.0639 e. The minimum absolute atomic E-state index is 0.0803. The van der Waals surface area contributed by atoms with E-state index in [-0.39, 0.29) is 5.60 Å². The molecule has 1 N–H and O–H groups in total. The summed E-state index contributed by atoms with van der Waals surface area (Å²) in [6.45, 7) is 10.6. The number of hydrogen-bond acceptors (Lipinski definition) is 2. The van der Waals surface area contributed by atoms with Crippen LogP contribution in [0.25, 0.3) is 10.9 Å². The van der Waals surface area contributed by atoms with Gasteiger partial charge in [-0.15, -0.1) is 0 Å². The van der Waals surface area contributed by atoms with Gasteiger partial charge in [-0.1, -0.05) is 6.07 Å². The van der Waals surface area contributed by atoms with Crippen molar-refractivity contribution in [2.75, 3.05) is 14.2 Å². The lowest BCUT2D eigenvalue weighted by Gasteiger charge is -2.23. The molecule has 2 aromatic rings. The molecule has 0 spiro atoms. The second kappa shape index (κ2) is 6.20. The molecule has 2 rings (SSSR count). The molecule has 116 valence electrons. The van der Waals surface area contributed by atoms with E-state index in [1.54, 1.807) is 7.11 Å². The molecule has 0 aliphatic rings. The van der Waals surface area contributed by atoms with E-state index >= 15 is 0 Å². The summed E-state index contributed by atoms with van der Waals surface area (Å²) in [5, 5.41) is 4.59. The lowest BCUT2D eigenvalue weighted by atomic mass is 10.1. The van der Waals surface area contributed by atoms with Crippen molar-refractivity contribution in [3.8, 4) is 0 Å². The van der Waals surface area contributed by atoms with E-state index in [2.05, 4.69) is 55.8 Å². The minimum atomic E-state index is -0.0803. The van der Waals surface area contributed by atoms with Crippen molar-refractivity contribution in [2.45, 2.75) is 52.8 Å². The summed E-state index contributed by atoms with van der Waals surface area (Å²) in [7, 11) is 3.77. The van der Waals surface area contributed by atoms with Crippen molar-refractivity contribution >= 4 is 10.9 Å². The molecule has 0 aliphatic heterocycles. The predicted octanol–water partition coefficient (Wildman–Crippen LogP) is 3.79. The molecular weight excluding hydrogens is 260 g/mol. The summed E-state index contributed by atoms with van der Waals surface area (Å²) in [6.07, 6.45) is 1.01. The average molecular weight is 288 g/mol. The zero-order valence-electron chi connectivity index (χ0n) is 14.2. The lowest BCUT2D eigenvalue weighted by molar-refractivity contribution is 0.0122. The first-order valence-electron chi connectivity index (χ1n) is 7.67. The maximum absolute atomic E-state index is 5.55. The molecule has 0 fully saturated rings. The van der Waals surface area contributed by atoms with Crippen molar-refractivity contribution in [1.82, 2.24) is 9.88 Å². The molecule has 0 amide bonds. The van der Waals surface area contributed by atoms with Gasteiger partial charge in [0.2, 0.25) is 0 Å². The molecule has 0 radical (unpaired) electrons. The highest BCUT2D eigenvalue weighted by Gasteiger charge is 2.18. The van der Waals surface area contributed by atoms with Gasteiger partial charge in [0, 0.05) is 36.8 Å². The summed E-state index contributed by atoms with van der Waals surface area (Å²) in [5.41, 5.74) is 5.33. The summed E-state index contributed by atoms with van der Waals surface area (Å²) in [5.74, 6) is 0. The number of rotatable bonds is 6. The van der Waals surface area contributed by atoms with Crippen molar-refractivity contribution in [3.63, 3.8) is 0 Å². The van der Waals surface area contributed by atoms with E-state index in [4.69, 9.17) is 4.74 Å². The molecule has 1 aromatic heterocycles. The van der Waals surface area contributed by atoms with Crippen LogP contribution in [0.5, 0.6) is 0 Å². The zero-order chi connectivity index (χ0) is 15.6. The highest BCUT2D eigenvalue weighted by atomic mass is 16.5. The molecule has 1 heterocycles. The molecular formula is C18H28N2O. The molecule has 0 atom stereocenters. The topological polar surface area (TPSA) is 26.2 Å². The maximum atomic E-state index is 5.55.